The van der Waals surface area contributed by atoms with E-state index in [9.17, 15) is 0 Å². The van der Waals surface area contributed by atoms with Crippen LogP contribution in [0.4, 0.5) is 0 Å². The number of nitriles is 2. The minimum Gasteiger partial charge on any atom is -0.294 e. The highest BCUT2D eigenvalue weighted by Crippen LogP contribution is 2.11. The Morgan fingerprint density at radius 1 is 1.05 bits per heavy atom. The summed E-state index contributed by atoms with van der Waals surface area (Å²) >= 11 is 0. The second kappa shape index (κ2) is 7.79. The molecule has 4 heteroatoms. The van der Waals surface area contributed by atoms with Crippen LogP contribution in [0.25, 0.3) is 0 Å². The van der Waals surface area contributed by atoms with E-state index >= 15 is 0 Å². The lowest BCUT2D eigenvalue weighted by molar-refractivity contribution is 0.262. The molecule has 0 atom stereocenters. The molecule has 0 unspecified atom stereocenters. The van der Waals surface area contributed by atoms with Crippen LogP contribution >= 0.6 is 0 Å². The molecule has 2 aromatic rings. The molecule has 1 aromatic carbocycles. The molecule has 0 saturated heterocycles. The van der Waals surface area contributed by atoms with Crippen LogP contribution in [0, 0.1) is 22.7 Å². The smallest absolute Gasteiger partial charge is 0.0991 e. The van der Waals surface area contributed by atoms with Crippen LogP contribution in [0.1, 0.15) is 23.1 Å². The summed E-state index contributed by atoms with van der Waals surface area (Å²) < 4.78 is 0. The summed E-state index contributed by atoms with van der Waals surface area (Å²) in [4.78, 5) is 6.31. The van der Waals surface area contributed by atoms with Gasteiger partial charge in [-0.25, -0.2) is 0 Å². The quantitative estimate of drug-likeness (QED) is 0.813. The molecule has 0 aliphatic rings. The van der Waals surface area contributed by atoms with Gasteiger partial charge in [-0.1, -0.05) is 18.2 Å². The van der Waals surface area contributed by atoms with Gasteiger partial charge in [-0.2, -0.15) is 10.5 Å². The van der Waals surface area contributed by atoms with Crippen LogP contribution in [-0.2, 0) is 13.1 Å². The van der Waals surface area contributed by atoms with Crippen LogP contribution in [-0.4, -0.2) is 16.4 Å². The molecular weight excluding hydrogens is 260 g/mol. The minimum absolute atomic E-state index is 0.484. The topological polar surface area (TPSA) is 63.7 Å². The lowest BCUT2D eigenvalue weighted by atomic mass is 10.1. The van der Waals surface area contributed by atoms with Crippen molar-refractivity contribution in [3.8, 4) is 12.1 Å². The first-order valence-electron chi connectivity index (χ1n) is 6.79. The van der Waals surface area contributed by atoms with Crippen molar-refractivity contribution in [2.75, 3.05) is 6.54 Å². The maximum absolute atomic E-state index is 8.96. The van der Waals surface area contributed by atoms with E-state index in [0.717, 1.165) is 17.7 Å². The van der Waals surface area contributed by atoms with E-state index in [1.54, 1.807) is 12.3 Å². The zero-order valence-corrected chi connectivity index (χ0v) is 11.7. The summed E-state index contributed by atoms with van der Waals surface area (Å²) in [6, 6.07) is 15.9. The van der Waals surface area contributed by atoms with Crippen LogP contribution in [0.3, 0.4) is 0 Å². The van der Waals surface area contributed by atoms with Crippen LogP contribution < -0.4 is 0 Å². The molecule has 4 nitrogen and oxygen atoms in total. The minimum atomic E-state index is 0.484. The predicted octanol–water partition coefficient (Wildman–Crippen LogP) is 2.87. The van der Waals surface area contributed by atoms with Crippen molar-refractivity contribution in [3.05, 3.63) is 65.5 Å². The molecule has 21 heavy (non-hydrogen) atoms. The highest BCUT2D eigenvalue weighted by atomic mass is 15.1. The van der Waals surface area contributed by atoms with Gasteiger partial charge in [0, 0.05) is 38.4 Å². The number of benzene rings is 1. The van der Waals surface area contributed by atoms with Crippen molar-refractivity contribution in [1.29, 1.82) is 10.5 Å². The Morgan fingerprint density at radius 3 is 2.57 bits per heavy atom. The van der Waals surface area contributed by atoms with Crippen molar-refractivity contribution in [3.63, 3.8) is 0 Å². The molecule has 0 spiro atoms. The van der Waals surface area contributed by atoms with Gasteiger partial charge in [-0.05, 0) is 29.3 Å². The lowest BCUT2D eigenvalue weighted by Gasteiger charge is -2.21. The first-order valence-corrected chi connectivity index (χ1v) is 6.79. The average molecular weight is 276 g/mol. The number of nitrogens with zero attached hydrogens (tertiary/aromatic N) is 4. The van der Waals surface area contributed by atoms with Gasteiger partial charge in [0.05, 0.1) is 17.7 Å². The Balaban J connectivity index is 2.09. The molecular formula is C17H16N4. The zero-order valence-electron chi connectivity index (χ0n) is 11.7. The van der Waals surface area contributed by atoms with Gasteiger partial charge in [0.2, 0.25) is 0 Å². The largest absolute Gasteiger partial charge is 0.294 e. The molecule has 1 heterocycles. The molecule has 0 N–H and O–H groups in total. The molecule has 0 radical (unpaired) electrons. The molecule has 0 saturated carbocycles. The monoisotopic (exact) mass is 276 g/mol. The standard InChI is InChI=1S/C17H16N4/c18-7-3-9-21(14-17-6-2-8-20-12-17)13-16-5-1-4-15(10-16)11-19/h1-2,4-6,8,10,12H,3,9,13-14H2. The van der Waals surface area contributed by atoms with Gasteiger partial charge >= 0.3 is 0 Å². The second-order valence-corrected chi connectivity index (χ2v) is 4.79. The third-order valence-electron chi connectivity index (χ3n) is 3.13. The average Bonchev–Trinajstić information content (AvgIpc) is 2.54. The van der Waals surface area contributed by atoms with Crippen molar-refractivity contribution >= 4 is 0 Å². The van der Waals surface area contributed by atoms with E-state index in [4.69, 9.17) is 10.5 Å². The van der Waals surface area contributed by atoms with Gasteiger partial charge in [0.1, 0.15) is 0 Å². The van der Waals surface area contributed by atoms with Gasteiger partial charge < -0.3 is 0 Å². The fourth-order valence-electron chi connectivity index (χ4n) is 2.17. The number of hydrogen-bond acceptors (Lipinski definition) is 4. The molecule has 0 amide bonds. The van der Waals surface area contributed by atoms with Crippen LogP contribution in [0.2, 0.25) is 0 Å². The summed E-state index contributed by atoms with van der Waals surface area (Å²) in [5.74, 6) is 0. The zero-order chi connectivity index (χ0) is 14.9. The van der Waals surface area contributed by atoms with Crippen LogP contribution in [0.5, 0.6) is 0 Å². The lowest BCUT2D eigenvalue weighted by Crippen LogP contribution is -2.24. The first kappa shape index (κ1) is 14.7. The fraction of sp³-hybridized carbons (Fsp3) is 0.235. The Bertz CT molecular complexity index is 652. The van der Waals surface area contributed by atoms with Gasteiger partial charge in [0.15, 0.2) is 0 Å². The van der Waals surface area contributed by atoms with Crippen molar-refractivity contribution in [2.24, 2.45) is 0 Å². The first-order chi connectivity index (χ1) is 10.3. The summed E-state index contributed by atoms with van der Waals surface area (Å²) in [6.07, 6.45) is 4.07. The third kappa shape index (κ3) is 4.72. The molecule has 0 aliphatic heterocycles. The maximum atomic E-state index is 8.96. The Labute approximate surface area is 124 Å². The molecule has 104 valence electrons. The van der Waals surface area contributed by atoms with Crippen molar-refractivity contribution < 1.29 is 0 Å². The highest BCUT2D eigenvalue weighted by Gasteiger charge is 2.07. The number of pyridine rings is 1. The molecule has 0 fully saturated rings. The number of aromatic nitrogens is 1. The van der Waals surface area contributed by atoms with E-state index < -0.39 is 0 Å². The number of rotatable bonds is 6. The van der Waals surface area contributed by atoms with E-state index in [2.05, 4.69) is 22.0 Å². The SMILES string of the molecule is N#CCCN(Cc1cccnc1)Cc1cccc(C#N)c1. The van der Waals surface area contributed by atoms with E-state index in [0.29, 0.717) is 25.1 Å². The Hall–Kier alpha value is -2.69. The van der Waals surface area contributed by atoms with E-state index in [1.165, 1.54) is 0 Å². The second-order valence-electron chi connectivity index (χ2n) is 4.79. The molecule has 0 aliphatic carbocycles. The molecule has 1 aromatic heterocycles. The molecule has 0 bridgehead atoms. The summed E-state index contributed by atoms with van der Waals surface area (Å²) in [5.41, 5.74) is 2.86. The predicted molar refractivity (Wildman–Crippen MR) is 79.7 cm³/mol. The normalized spacial score (nSPS) is 10.0. The van der Waals surface area contributed by atoms with Crippen molar-refractivity contribution in [1.82, 2.24) is 9.88 Å². The van der Waals surface area contributed by atoms with Crippen molar-refractivity contribution in [2.45, 2.75) is 19.5 Å². The van der Waals surface area contributed by atoms with E-state index in [1.807, 2.05) is 36.5 Å². The highest BCUT2D eigenvalue weighted by molar-refractivity contribution is 5.32. The third-order valence-corrected chi connectivity index (χ3v) is 3.13. The van der Waals surface area contributed by atoms with Gasteiger partial charge in [-0.3, -0.25) is 9.88 Å². The summed E-state index contributed by atoms with van der Waals surface area (Å²) in [5, 5.41) is 17.8. The Kier molecular flexibility index (Phi) is 5.46. The van der Waals surface area contributed by atoms with Gasteiger partial charge in [-0.15, -0.1) is 0 Å². The maximum Gasteiger partial charge on any atom is 0.0991 e. The van der Waals surface area contributed by atoms with Gasteiger partial charge in [0.25, 0.3) is 0 Å². The van der Waals surface area contributed by atoms with E-state index in [-0.39, 0.29) is 0 Å². The fourth-order valence-corrected chi connectivity index (χ4v) is 2.17. The summed E-state index contributed by atoms with van der Waals surface area (Å²) in [6.45, 7) is 2.15. The number of hydrogen-bond donors (Lipinski definition) is 0. The Morgan fingerprint density at radius 2 is 1.86 bits per heavy atom. The van der Waals surface area contributed by atoms with Crippen LogP contribution in [0.15, 0.2) is 48.8 Å². The molecule has 2 rings (SSSR count). The summed E-state index contributed by atoms with van der Waals surface area (Å²) in [7, 11) is 0.